The molecule has 2 rings (SSSR count). The summed E-state index contributed by atoms with van der Waals surface area (Å²) in [6.07, 6.45) is 7.32. The van der Waals surface area contributed by atoms with E-state index in [9.17, 15) is 0 Å². The zero-order valence-corrected chi connectivity index (χ0v) is 10.9. The van der Waals surface area contributed by atoms with E-state index in [0.29, 0.717) is 0 Å². The van der Waals surface area contributed by atoms with Gasteiger partial charge in [-0.25, -0.2) is 0 Å². The summed E-state index contributed by atoms with van der Waals surface area (Å²) in [6, 6.07) is 0.213. The molecule has 1 saturated carbocycles. The van der Waals surface area contributed by atoms with Crippen LogP contribution in [0, 0.1) is 5.92 Å². The normalized spacial score (nSPS) is 18.7. The van der Waals surface area contributed by atoms with Crippen LogP contribution >= 0.6 is 0 Å². The predicted octanol–water partition coefficient (Wildman–Crippen LogP) is 2.86. The molecule has 4 heteroatoms. The lowest BCUT2D eigenvalue weighted by Crippen LogP contribution is -2.20. The van der Waals surface area contributed by atoms with E-state index in [1.165, 1.54) is 25.7 Å². The maximum absolute atomic E-state index is 5.77. The highest BCUT2D eigenvalue weighted by molar-refractivity contribution is 4.91. The molecule has 0 amide bonds. The average molecular weight is 237 g/mol. The molecule has 0 bridgehead atoms. The Hall–Kier alpha value is -0.900. The molecule has 1 fully saturated rings. The van der Waals surface area contributed by atoms with Gasteiger partial charge in [0.1, 0.15) is 0 Å². The van der Waals surface area contributed by atoms with E-state index in [-0.39, 0.29) is 6.04 Å². The highest BCUT2D eigenvalue weighted by Gasteiger charge is 2.20. The quantitative estimate of drug-likeness (QED) is 0.826. The number of hydrogen-bond acceptors (Lipinski definition) is 4. The Morgan fingerprint density at radius 1 is 1.29 bits per heavy atom. The SMILES string of the molecule is CCNC(CC)c1nnc(CC2CCCC2)o1. The van der Waals surface area contributed by atoms with Crippen LogP contribution in [0.3, 0.4) is 0 Å². The maximum Gasteiger partial charge on any atom is 0.233 e. The monoisotopic (exact) mass is 237 g/mol. The van der Waals surface area contributed by atoms with Gasteiger partial charge in [-0.2, -0.15) is 0 Å². The molecular weight excluding hydrogens is 214 g/mol. The molecular formula is C13H23N3O. The summed E-state index contributed by atoms with van der Waals surface area (Å²) < 4.78 is 5.77. The largest absolute Gasteiger partial charge is 0.424 e. The van der Waals surface area contributed by atoms with Crippen molar-refractivity contribution in [3.05, 3.63) is 11.8 Å². The van der Waals surface area contributed by atoms with Crippen LogP contribution in [0.5, 0.6) is 0 Å². The van der Waals surface area contributed by atoms with Gasteiger partial charge in [0, 0.05) is 6.42 Å². The van der Waals surface area contributed by atoms with Crippen molar-refractivity contribution in [1.29, 1.82) is 0 Å². The number of aromatic nitrogens is 2. The van der Waals surface area contributed by atoms with Crippen molar-refractivity contribution in [2.24, 2.45) is 5.92 Å². The van der Waals surface area contributed by atoms with E-state index in [1.807, 2.05) is 0 Å². The first-order valence-corrected chi connectivity index (χ1v) is 6.89. The lowest BCUT2D eigenvalue weighted by atomic mass is 10.0. The summed E-state index contributed by atoms with van der Waals surface area (Å²) in [5.41, 5.74) is 0. The molecule has 0 aliphatic heterocycles. The third kappa shape index (κ3) is 3.28. The molecule has 1 atom stereocenters. The number of nitrogens with one attached hydrogen (secondary N) is 1. The number of rotatable bonds is 6. The summed E-state index contributed by atoms with van der Waals surface area (Å²) in [6.45, 7) is 5.16. The maximum atomic E-state index is 5.77. The van der Waals surface area contributed by atoms with E-state index in [2.05, 4.69) is 29.4 Å². The zero-order chi connectivity index (χ0) is 12.1. The third-order valence-electron chi connectivity index (χ3n) is 3.58. The molecule has 0 spiro atoms. The molecule has 0 saturated heterocycles. The molecule has 1 aromatic heterocycles. The standard InChI is InChI=1S/C13H23N3O/c1-3-11(14-4-2)13-16-15-12(17-13)9-10-7-5-6-8-10/h10-11,14H,3-9H2,1-2H3. The fraction of sp³-hybridized carbons (Fsp3) is 0.846. The summed E-state index contributed by atoms with van der Waals surface area (Å²) in [7, 11) is 0. The van der Waals surface area contributed by atoms with Gasteiger partial charge in [-0.15, -0.1) is 10.2 Å². The second kappa shape index (κ2) is 6.15. The van der Waals surface area contributed by atoms with Gasteiger partial charge in [-0.05, 0) is 31.7 Å². The van der Waals surface area contributed by atoms with Crippen molar-refractivity contribution in [3.63, 3.8) is 0 Å². The van der Waals surface area contributed by atoms with Gasteiger partial charge >= 0.3 is 0 Å². The summed E-state index contributed by atoms with van der Waals surface area (Å²) >= 11 is 0. The van der Waals surface area contributed by atoms with Gasteiger partial charge < -0.3 is 9.73 Å². The highest BCUT2D eigenvalue weighted by Crippen LogP contribution is 2.28. The molecule has 1 aliphatic rings. The van der Waals surface area contributed by atoms with Crippen LogP contribution in [0.4, 0.5) is 0 Å². The van der Waals surface area contributed by atoms with E-state index in [1.54, 1.807) is 0 Å². The topological polar surface area (TPSA) is 51.0 Å². The molecule has 1 aromatic rings. The molecule has 0 aromatic carbocycles. The Morgan fingerprint density at radius 2 is 2.06 bits per heavy atom. The third-order valence-corrected chi connectivity index (χ3v) is 3.58. The van der Waals surface area contributed by atoms with Crippen molar-refractivity contribution in [2.75, 3.05) is 6.54 Å². The first-order chi connectivity index (χ1) is 8.33. The van der Waals surface area contributed by atoms with Crippen molar-refractivity contribution in [1.82, 2.24) is 15.5 Å². The molecule has 0 radical (unpaired) electrons. The number of nitrogens with zero attached hydrogens (tertiary/aromatic N) is 2. The predicted molar refractivity (Wildman–Crippen MR) is 66.7 cm³/mol. The smallest absolute Gasteiger partial charge is 0.233 e. The second-order valence-corrected chi connectivity index (χ2v) is 4.91. The molecule has 96 valence electrons. The molecule has 1 N–H and O–H groups in total. The molecule has 1 unspecified atom stereocenters. The van der Waals surface area contributed by atoms with Crippen LogP contribution in [-0.2, 0) is 6.42 Å². The van der Waals surface area contributed by atoms with Crippen molar-refractivity contribution in [3.8, 4) is 0 Å². The lowest BCUT2D eigenvalue weighted by Gasteiger charge is -2.10. The van der Waals surface area contributed by atoms with Crippen molar-refractivity contribution >= 4 is 0 Å². The highest BCUT2D eigenvalue weighted by atomic mass is 16.4. The van der Waals surface area contributed by atoms with Crippen LogP contribution in [0.15, 0.2) is 4.42 Å². The Labute approximate surface area is 103 Å². The van der Waals surface area contributed by atoms with E-state index < -0.39 is 0 Å². The van der Waals surface area contributed by atoms with Crippen LogP contribution in [0.2, 0.25) is 0 Å². The van der Waals surface area contributed by atoms with Crippen LogP contribution in [0.1, 0.15) is 63.8 Å². The first-order valence-electron chi connectivity index (χ1n) is 6.89. The average Bonchev–Trinajstić information content (AvgIpc) is 2.98. The van der Waals surface area contributed by atoms with Crippen LogP contribution in [0.25, 0.3) is 0 Å². The minimum absolute atomic E-state index is 0.213. The van der Waals surface area contributed by atoms with E-state index in [0.717, 1.165) is 37.1 Å². The molecule has 4 nitrogen and oxygen atoms in total. The van der Waals surface area contributed by atoms with Gasteiger partial charge in [-0.1, -0.05) is 26.7 Å². The summed E-state index contributed by atoms with van der Waals surface area (Å²) in [5, 5.41) is 11.7. The van der Waals surface area contributed by atoms with E-state index in [4.69, 9.17) is 4.42 Å². The first kappa shape index (κ1) is 12.6. The minimum atomic E-state index is 0.213. The van der Waals surface area contributed by atoms with Gasteiger partial charge in [0.25, 0.3) is 0 Å². The minimum Gasteiger partial charge on any atom is -0.424 e. The Bertz CT molecular complexity index is 331. The molecule has 1 aliphatic carbocycles. The van der Waals surface area contributed by atoms with Gasteiger partial charge in [0.05, 0.1) is 6.04 Å². The van der Waals surface area contributed by atoms with Gasteiger partial charge in [0.15, 0.2) is 0 Å². The van der Waals surface area contributed by atoms with Gasteiger partial charge in [0.2, 0.25) is 11.8 Å². The van der Waals surface area contributed by atoms with Crippen molar-refractivity contribution in [2.45, 2.75) is 58.4 Å². The Kier molecular flexibility index (Phi) is 4.54. The van der Waals surface area contributed by atoms with Gasteiger partial charge in [-0.3, -0.25) is 0 Å². The number of hydrogen-bond donors (Lipinski definition) is 1. The zero-order valence-electron chi connectivity index (χ0n) is 10.9. The fourth-order valence-electron chi connectivity index (χ4n) is 2.60. The van der Waals surface area contributed by atoms with Crippen molar-refractivity contribution < 1.29 is 4.42 Å². The second-order valence-electron chi connectivity index (χ2n) is 4.91. The van der Waals surface area contributed by atoms with E-state index >= 15 is 0 Å². The van der Waals surface area contributed by atoms with Crippen LogP contribution < -0.4 is 5.32 Å². The fourth-order valence-corrected chi connectivity index (χ4v) is 2.60. The van der Waals surface area contributed by atoms with Crippen LogP contribution in [-0.4, -0.2) is 16.7 Å². The molecule has 1 heterocycles. The summed E-state index contributed by atoms with van der Waals surface area (Å²) in [4.78, 5) is 0. The summed E-state index contributed by atoms with van der Waals surface area (Å²) in [5.74, 6) is 2.34. The Morgan fingerprint density at radius 3 is 2.71 bits per heavy atom. The Balaban J connectivity index is 1.94. The molecule has 17 heavy (non-hydrogen) atoms. The lowest BCUT2D eigenvalue weighted by molar-refractivity contribution is 0.360.